The van der Waals surface area contributed by atoms with Crippen LogP contribution in [0.3, 0.4) is 0 Å². The first-order valence-electron chi connectivity index (χ1n) is 10.3. The minimum absolute atomic E-state index is 0.0761. The SMILES string of the molecule is CN1CCc2cc(C(CNC(=O)COc3ccc(F)cc3)N3CCCC3)ccc21. The summed E-state index contributed by atoms with van der Waals surface area (Å²) in [5.41, 5.74) is 3.96. The number of nitrogens with one attached hydrogen (secondary N) is 1. The molecule has 6 heteroatoms. The van der Waals surface area contributed by atoms with E-state index in [9.17, 15) is 9.18 Å². The number of benzene rings is 2. The molecule has 29 heavy (non-hydrogen) atoms. The lowest BCUT2D eigenvalue weighted by Crippen LogP contribution is -2.38. The summed E-state index contributed by atoms with van der Waals surface area (Å²) in [4.78, 5) is 17.1. The summed E-state index contributed by atoms with van der Waals surface area (Å²) < 4.78 is 18.4. The highest BCUT2D eigenvalue weighted by molar-refractivity contribution is 5.77. The van der Waals surface area contributed by atoms with Crippen LogP contribution in [0.25, 0.3) is 0 Å². The van der Waals surface area contributed by atoms with Crippen molar-refractivity contribution in [2.24, 2.45) is 0 Å². The maximum atomic E-state index is 13.0. The number of carbonyl (C=O) groups is 1. The topological polar surface area (TPSA) is 44.8 Å². The van der Waals surface area contributed by atoms with E-state index < -0.39 is 0 Å². The number of hydrogen-bond acceptors (Lipinski definition) is 4. The molecule has 1 unspecified atom stereocenters. The minimum atomic E-state index is -0.323. The third kappa shape index (κ3) is 4.70. The molecule has 4 rings (SSSR count). The standard InChI is InChI=1S/C23H28FN3O2/c1-26-13-10-18-14-17(4-9-21(18)26)22(27-11-2-3-12-27)15-25-23(28)16-29-20-7-5-19(24)6-8-20/h4-9,14,22H,2-3,10-13,15-16H2,1H3,(H,25,28). The largest absolute Gasteiger partial charge is 0.484 e. The average Bonchev–Trinajstić information content (AvgIpc) is 3.38. The van der Waals surface area contributed by atoms with Gasteiger partial charge in [0.15, 0.2) is 6.61 Å². The number of halogens is 1. The predicted octanol–water partition coefficient (Wildman–Crippen LogP) is 3.15. The van der Waals surface area contributed by atoms with Crippen LogP contribution in [0, 0.1) is 5.82 Å². The van der Waals surface area contributed by atoms with Gasteiger partial charge >= 0.3 is 0 Å². The fraction of sp³-hybridized carbons (Fsp3) is 0.435. The molecule has 2 aliphatic rings. The van der Waals surface area contributed by atoms with Crippen molar-refractivity contribution in [3.8, 4) is 5.75 Å². The van der Waals surface area contributed by atoms with Gasteiger partial charge in [-0.25, -0.2) is 4.39 Å². The number of rotatable bonds is 7. The molecule has 2 heterocycles. The van der Waals surface area contributed by atoms with Crippen LogP contribution in [-0.2, 0) is 11.2 Å². The average molecular weight is 397 g/mol. The first-order chi connectivity index (χ1) is 14.1. The van der Waals surface area contributed by atoms with E-state index in [0.717, 1.165) is 26.1 Å². The number of likely N-dealkylation sites (tertiary alicyclic amines) is 1. The van der Waals surface area contributed by atoms with Gasteiger partial charge in [-0.2, -0.15) is 0 Å². The van der Waals surface area contributed by atoms with E-state index >= 15 is 0 Å². The minimum Gasteiger partial charge on any atom is -0.484 e. The molecule has 2 aliphatic heterocycles. The van der Waals surface area contributed by atoms with Crippen LogP contribution in [0.15, 0.2) is 42.5 Å². The van der Waals surface area contributed by atoms with E-state index in [1.165, 1.54) is 53.9 Å². The monoisotopic (exact) mass is 397 g/mol. The molecule has 1 N–H and O–H groups in total. The summed E-state index contributed by atoms with van der Waals surface area (Å²) in [5.74, 6) is -0.00408. The zero-order valence-corrected chi connectivity index (χ0v) is 16.9. The van der Waals surface area contributed by atoms with Crippen LogP contribution < -0.4 is 15.0 Å². The summed E-state index contributed by atoms with van der Waals surface area (Å²) in [6.07, 6.45) is 3.47. The molecule has 2 aromatic carbocycles. The van der Waals surface area contributed by atoms with E-state index in [4.69, 9.17) is 4.74 Å². The number of fused-ring (bicyclic) bond motifs is 1. The van der Waals surface area contributed by atoms with Crippen LogP contribution in [0.1, 0.15) is 30.0 Å². The number of nitrogens with zero attached hydrogens (tertiary/aromatic N) is 2. The molecule has 0 saturated carbocycles. The summed E-state index contributed by atoms with van der Waals surface area (Å²) in [5, 5.41) is 3.03. The molecule has 0 radical (unpaired) electrons. The van der Waals surface area contributed by atoms with Crippen LogP contribution in [0.4, 0.5) is 10.1 Å². The highest BCUT2D eigenvalue weighted by Crippen LogP contribution is 2.32. The molecule has 154 valence electrons. The van der Waals surface area contributed by atoms with E-state index in [2.05, 4.69) is 40.4 Å². The van der Waals surface area contributed by atoms with Crippen molar-refractivity contribution < 1.29 is 13.9 Å². The van der Waals surface area contributed by atoms with E-state index in [-0.39, 0.29) is 24.4 Å². The number of anilines is 1. The molecule has 0 aromatic heterocycles. The van der Waals surface area contributed by atoms with Gasteiger partial charge in [0.2, 0.25) is 0 Å². The number of carbonyl (C=O) groups excluding carboxylic acids is 1. The molecule has 0 aliphatic carbocycles. The van der Waals surface area contributed by atoms with Crippen LogP contribution in [0.5, 0.6) is 5.75 Å². The maximum absolute atomic E-state index is 13.0. The number of ether oxygens (including phenoxy) is 1. The van der Waals surface area contributed by atoms with Crippen molar-refractivity contribution in [1.82, 2.24) is 10.2 Å². The summed E-state index contributed by atoms with van der Waals surface area (Å²) in [6, 6.07) is 12.6. The van der Waals surface area contributed by atoms with Crippen molar-refractivity contribution in [2.75, 3.05) is 44.7 Å². The Balaban J connectivity index is 1.38. The molecule has 1 fully saturated rings. The Hall–Kier alpha value is -2.60. The zero-order valence-electron chi connectivity index (χ0n) is 16.9. The van der Waals surface area contributed by atoms with E-state index in [1.54, 1.807) is 0 Å². The molecule has 5 nitrogen and oxygen atoms in total. The van der Waals surface area contributed by atoms with Crippen molar-refractivity contribution in [2.45, 2.75) is 25.3 Å². The van der Waals surface area contributed by atoms with Crippen LogP contribution in [0.2, 0.25) is 0 Å². The lowest BCUT2D eigenvalue weighted by atomic mass is 10.0. The van der Waals surface area contributed by atoms with Gasteiger partial charge in [0, 0.05) is 25.8 Å². The molecule has 0 bridgehead atoms. The first kappa shape index (κ1) is 19.7. The Bertz CT molecular complexity index is 850. The lowest BCUT2D eigenvalue weighted by molar-refractivity contribution is -0.123. The van der Waals surface area contributed by atoms with Crippen molar-refractivity contribution in [3.05, 3.63) is 59.4 Å². The number of amides is 1. The van der Waals surface area contributed by atoms with Gasteiger partial charge in [0.1, 0.15) is 11.6 Å². The zero-order chi connectivity index (χ0) is 20.2. The van der Waals surface area contributed by atoms with Gasteiger partial charge < -0.3 is 15.0 Å². The smallest absolute Gasteiger partial charge is 0.258 e. The second-order valence-electron chi connectivity index (χ2n) is 7.87. The number of hydrogen-bond donors (Lipinski definition) is 1. The van der Waals surface area contributed by atoms with E-state index in [0.29, 0.717) is 12.3 Å². The summed E-state index contributed by atoms with van der Waals surface area (Å²) in [7, 11) is 2.13. The molecule has 1 saturated heterocycles. The molecular weight excluding hydrogens is 369 g/mol. The van der Waals surface area contributed by atoms with E-state index in [1.807, 2.05) is 0 Å². The second-order valence-corrected chi connectivity index (χ2v) is 7.87. The third-order valence-corrected chi connectivity index (χ3v) is 5.87. The van der Waals surface area contributed by atoms with Gasteiger partial charge in [-0.15, -0.1) is 0 Å². The normalized spacial score (nSPS) is 17.2. The third-order valence-electron chi connectivity index (χ3n) is 5.87. The maximum Gasteiger partial charge on any atom is 0.258 e. The van der Waals surface area contributed by atoms with Gasteiger partial charge in [-0.1, -0.05) is 12.1 Å². The first-order valence-corrected chi connectivity index (χ1v) is 10.3. The fourth-order valence-corrected chi connectivity index (χ4v) is 4.25. The van der Waals surface area contributed by atoms with Crippen LogP contribution >= 0.6 is 0 Å². The molecular formula is C23H28FN3O2. The predicted molar refractivity (Wildman–Crippen MR) is 112 cm³/mol. The second kappa shape index (κ2) is 8.82. The highest BCUT2D eigenvalue weighted by Gasteiger charge is 2.26. The van der Waals surface area contributed by atoms with Gasteiger partial charge in [-0.3, -0.25) is 9.69 Å². The Morgan fingerprint density at radius 3 is 2.66 bits per heavy atom. The Morgan fingerprint density at radius 1 is 1.14 bits per heavy atom. The number of likely N-dealkylation sites (N-methyl/N-ethyl adjacent to an activating group) is 1. The fourth-order valence-electron chi connectivity index (χ4n) is 4.25. The van der Waals surface area contributed by atoms with Crippen molar-refractivity contribution in [3.63, 3.8) is 0 Å². The highest BCUT2D eigenvalue weighted by atomic mass is 19.1. The van der Waals surface area contributed by atoms with Crippen molar-refractivity contribution in [1.29, 1.82) is 0 Å². The molecule has 0 spiro atoms. The lowest BCUT2D eigenvalue weighted by Gasteiger charge is -2.29. The molecule has 2 aromatic rings. The van der Waals surface area contributed by atoms with Gasteiger partial charge in [-0.05, 0) is 73.8 Å². The van der Waals surface area contributed by atoms with Crippen LogP contribution in [-0.4, -0.2) is 50.6 Å². The van der Waals surface area contributed by atoms with Gasteiger partial charge in [0.05, 0.1) is 6.04 Å². The Kier molecular flexibility index (Phi) is 6.00. The van der Waals surface area contributed by atoms with Crippen molar-refractivity contribution >= 4 is 11.6 Å². The molecule has 1 atom stereocenters. The van der Waals surface area contributed by atoms with Gasteiger partial charge in [0.25, 0.3) is 5.91 Å². The summed E-state index contributed by atoms with van der Waals surface area (Å²) in [6.45, 7) is 3.66. The molecule has 1 amide bonds. The summed E-state index contributed by atoms with van der Waals surface area (Å²) >= 11 is 0. The Labute approximate surface area is 171 Å². The quantitative estimate of drug-likeness (QED) is 0.780. The Morgan fingerprint density at radius 2 is 1.90 bits per heavy atom.